The lowest BCUT2D eigenvalue weighted by Gasteiger charge is -2.11. The Labute approximate surface area is 132 Å². The molecule has 1 N–H and O–H groups in total. The number of pyridine rings is 1. The van der Waals surface area contributed by atoms with Crippen molar-refractivity contribution >= 4 is 16.9 Å². The molecule has 0 saturated carbocycles. The van der Waals surface area contributed by atoms with Crippen molar-refractivity contribution in [1.29, 1.82) is 0 Å². The monoisotopic (exact) mass is 311 g/mol. The van der Waals surface area contributed by atoms with Gasteiger partial charge >= 0.3 is 5.97 Å². The molecule has 5 heteroatoms. The number of nitrogens with zero attached hydrogens (tertiary/aromatic N) is 1. The van der Waals surface area contributed by atoms with Gasteiger partial charge in [0.15, 0.2) is 0 Å². The van der Waals surface area contributed by atoms with Gasteiger partial charge in [-0.25, -0.2) is 14.2 Å². The molecule has 23 heavy (non-hydrogen) atoms. The van der Waals surface area contributed by atoms with Crippen LogP contribution in [0.2, 0.25) is 0 Å². The van der Waals surface area contributed by atoms with Gasteiger partial charge in [0.25, 0.3) is 0 Å². The van der Waals surface area contributed by atoms with Gasteiger partial charge in [-0.15, -0.1) is 0 Å². The molecule has 0 saturated heterocycles. The zero-order chi connectivity index (χ0) is 16.6. The van der Waals surface area contributed by atoms with E-state index in [0.29, 0.717) is 27.9 Å². The Morgan fingerprint density at radius 2 is 1.96 bits per heavy atom. The topological polar surface area (TPSA) is 59.4 Å². The largest absolute Gasteiger partial charge is 0.496 e. The summed E-state index contributed by atoms with van der Waals surface area (Å²) in [5.41, 5.74) is 2.38. The molecule has 0 fully saturated rings. The summed E-state index contributed by atoms with van der Waals surface area (Å²) < 4.78 is 18.8. The third-order valence-corrected chi connectivity index (χ3v) is 3.63. The standard InChI is InChI=1S/C18H14FNO3/c1-10-3-5-15-12(7-10)13(18(21)22)9-16(20-15)14-8-11(19)4-6-17(14)23-2/h3-9H,1-2H3,(H,21,22). The van der Waals surface area contributed by atoms with Crippen molar-refractivity contribution in [1.82, 2.24) is 4.98 Å². The average molecular weight is 311 g/mol. The molecule has 4 nitrogen and oxygen atoms in total. The first-order chi connectivity index (χ1) is 11.0. The molecule has 0 bridgehead atoms. The van der Waals surface area contributed by atoms with E-state index in [0.717, 1.165) is 5.56 Å². The zero-order valence-corrected chi connectivity index (χ0v) is 12.6. The summed E-state index contributed by atoms with van der Waals surface area (Å²) in [7, 11) is 1.47. The van der Waals surface area contributed by atoms with Crippen LogP contribution >= 0.6 is 0 Å². The molecule has 1 aromatic heterocycles. The van der Waals surface area contributed by atoms with E-state index in [1.165, 1.54) is 31.4 Å². The van der Waals surface area contributed by atoms with E-state index in [2.05, 4.69) is 4.98 Å². The van der Waals surface area contributed by atoms with Gasteiger partial charge in [0.05, 0.1) is 23.9 Å². The minimum absolute atomic E-state index is 0.125. The van der Waals surface area contributed by atoms with Gasteiger partial charge in [-0.1, -0.05) is 11.6 Å². The molecule has 0 spiro atoms. The fourth-order valence-electron chi connectivity index (χ4n) is 2.53. The molecule has 0 unspecified atom stereocenters. The Balaban J connectivity index is 2.33. The molecule has 1 heterocycles. The highest BCUT2D eigenvalue weighted by Gasteiger charge is 2.16. The van der Waals surface area contributed by atoms with Crippen molar-refractivity contribution in [3.8, 4) is 17.0 Å². The Bertz CT molecular complexity index is 922. The second-order valence-electron chi connectivity index (χ2n) is 5.23. The number of carboxylic acid groups (broad SMARTS) is 1. The average Bonchev–Trinajstić information content (AvgIpc) is 2.53. The normalized spacial score (nSPS) is 10.7. The summed E-state index contributed by atoms with van der Waals surface area (Å²) in [6.07, 6.45) is 0. The van der Waals surface area contributed by atoms with Crippen molar-refractivity contribution < 1.29 is 19.0 Å². The first kappa shape index (κ1) is 15.0. The summed E-state index contributed by atoms with van der Waals surface area (Å²) in [5, 5.41) is 10.0. The maximum atomic E-state index is 13.6. The number of fused-ring (bicyclic) bond motifs is 1. The van der Waals surface area contributed by atoms with Crippen LogP contribution in [0.1, 0.15) is 15.9 Å². The highest BCUT2D eigenvalue weighted by molar-refractivity contribution is 6.04. The van der Waals surface area contributed by atoms with E-state index in [1.807, 2.05) is 13.0 Å². The van der Waals surface area contributed by atoms with Crippen LogP contribution in [0.25, 0.3) is 22.2 Å². The maximum absolute atomic E-state index is 13.6. The van der Waals surface area contributed by atoms with E-state index in [9.17, 15) is 14.3 Å². The number of hydrogen-bond donors (Lipinski definition) is 1. The summed E-state index contributed by atoms with van der Waals surface area (Å²) in [6, 6.07) is 10.9. The van der Waals surface area contributed by atoms with E-state index < -0.39 is 11.8 Å². The number of carbonyl (C=O) groups is 1. The van der Waals surface area contributed by atoms with Crippen LogP contribution in [-0.2, 0) is 0 Å². The number of aromatic carboxylic acids is 1. The van der Waals surface area contributed by atoms with Gasteiger partial charge in [0, 0.05) is 10.9 Å². The van der Waals surface area contributed by atoms with Crippen LogP contribution in [0.3, 0.4) is 0 Å². The van der Waals surface area contributed by atoms with Crippen LogP contribution in [0, 0.1) is 12.7 Å². The van der Waals surface area contributed by atoms with Gasteiger partial charge in [0.2, 0.25) is 0 Å². The molecule has 3 rings (SSSR count). The minimum Gasteiger partial charge on any atom is -0.496 e. The molecule has 0 radical (unpaired) electrons. The number of carboxylic acids is 1. The van der Waals surface area contributed by atoms with Gasteiger partial charge < -0.3 is 9.84 Å². The Hall–Kier alpha value is -2.95. The first-order valence-corrected chi connectivity index (χ1v) is 6.98. The Kier molecular flexibility index (Phi) is 3.70. The quantitative estimate of drug-likeness (QED) is 0.792. The van der Waals surface area contributed by atoms with Gasteiger partial charge in [-0.05, 0) is 43.3 Å². The lowest BCUT2D eigenvalue weighted by atomic mass is 10.0. The fraction of sp³-hybridized carbons (Fsp3) is 0.111. The Morgan fingerprint density at radius 3 is 2.65 bits per heavy atom. The number of methoxy groups -OCH3 is 1. The van der Waals surface area contributed by atoms with Gasteiger partial charge in [-0.2, -0.15) is 0 Å². The van der Waals surface area contributed by atoms with E-state index in [1.54, 1.807) is 12.1 Å². The molecule has 3 aromatic rings. The zero-order valence-electron chi connectivity index (χ0n) is 12.6. The van der Waals surface area contributed by atoms with Gasteiger partial charge in [0.1, 0.15) is 11.6 Å². The molecule has 0 aliphatic heterocycles. The smallest absolute Gasteiger partial charge is 0.336 e. The first-order valence-electron chi connectivity index (χ1n) is 6.98. The molecule has 116 valence electrons. The van der Waals surface area contributed by atoms with Crippen LogP contribution in [0.15, 0.2) is 42.5 Å². The van der Waals surface area contributed by atoms with E-state index in [4.69, 9.17) is 4.74 Å². The molecule has 2 aromatic carbocycles. The van der Waals surface area contributed by atoms with Crippen molar-refractivity contribution in [3.05, 3.63) is 59.4 Å². The van der Waals surface area contributed by atoms with Crippen LogP contribution < -0.4 is 4.74 Å². The van der Waals surface area contributed by atoms with Crippen LogP contribution in [-0.4, -0.2) is 23.2 Å². The van der Waals surface area contributed by atoms with Crippen LogP contribution in [0.5, 0.6) is 5.75 Å². The highest BCUT2D eigenvalue weighted by atomic mass is 19.1. The third-order valence-electron chi connectivity index (χ3n) is 3.63. The molecule has 0 amide bonds. The van der Waals surface area contributed by atoms with Gasteiger partial charge in [-0.3, -0.25) is 0 Å². The van der Waals surface area contributed by atoms with E-state index in [-0.39, 0.29) is 5.56 Å². The van der Waals surface area contributed by atoms with Crippen molar-refractivity contribution in [2.75, 3.05) is 7.11 Å². The Morgan fingerprint density at radius 1 is 1.17 bits per heavy atom. The number of aryl methyl sites for hydroxylation is 1. The maximum Gasteiger partial charge on any atom is 0.336 e. The van der Waals surface area contributed by atoms with Crippen molar-refractivity contribution in [2.45, 2.75) is 6.92 Å². The predicted molar refractivity (Wildman–Crippen MR) is 85.4 cm³/mol. The number of halogens is 1. The number of benzene rings is 2. The second kappa shape index (κ2) is 5.68. The number of ether oxygens (including phenoxy) is 1. The highest BCUT2D eigenvalue weighted by Crippen LogP contribution is 2.32. The summed E-state index contributed by atoms with van der Waals surface area (Å²) in [4.78, 5) is 16.1. The molecule has 0 aliphatic carbocycles. The number of hydrogen-bond acceptors (Lipinski definition) is 3. The molecule has 0 atom stereocenters. The van der Waals surface area contributed by atoms with Crippen molar-refractivity contribution in [3.63, 3.8) is 0 Å². The number of aromatic nitrogens is 1. The molecule has 0 aliphatic rings. The molecular formula is C18H14FNO3. The lowest BCUT2D eigenvalue weighted by molar-refractivity contribution is 0.0699. The second-order valence-corrected chi connectivity index (χ2v) is 5.23. The summed E-state index contributed by atoms with van der Waals surface area (Å²) in [5.74, 6) is -1.07. The summed E-state index contributed by atoms with van der Waals surface area (Å²) >= 11 is 0. The van der Waals surface area contributed by atoms with E-state index >= 15 is 0 Å². The van der Waals surface area contributed by atoms with Crippen LogP contribution in [0.4, 0.5) is 4.39 Å². The third kappa shape index (κ3) is 2.73. The summed E-state index contributed by atoms with van der Waals surface area (Å²) in [6.45, 7) is 1.88. The van der Waals surface area contributed by atoms with Crippen molar-refractivity contribution in [2.24, 2.45) is 0 Å². The number of rotatable bonds is 3. The fourth-order valence-corrected chi connectivity index (χ4v) is 2.53. The minimum atomic E-state index is -1.06. The predicted octanol–water partition coefficient (Wildman–Crippen LogP) is 4.06. The molecular weight excluding hydrogens is 297 g/mol. The lowest BCUT2D eigenvalue weighted by Crippen LogP contribution is -2.01. The SMILES string of the molecule is COc1ccc(F)cc1-c1cc(C(=O)O)c2cc(C)ccc2n1.